The SMILES string of the molecule is CCC(CC)CN1CC(C)CC(N)C1. The molecule has 0 aromatic rings. The van der Waals surface area contributed by atoms with Gasteiger partial charge in [-0.2, -0.15) is 0 Å². The molecular weight excluding hydrogens is 172 g/mol. The Morgan fingerprint density at radius 1 is 1.29 bits per heavy atom. The Bertz CT molecular complexity index is 144. The summed E-state index contributed by atoms with van der Waals surface area (Å²) in [6.45, 7) is 10.5. The van der Waals surface area contributed by atoms with Crippen molar-refractivity contribution in [2.45, 2.75) is 46.1 Å². The molecule has 0 spiro atoms. The van der Waals surface area contributed by atoms with Crippen molar-refractivity contribution >= 4 is 0 Å². The molecule has 2 atom stereocenters. The second-order valence-electron chi connectivity index (χ2n) is 5.00. The lowest BCUT2D eigenvalue weighted by Crippen LogP contribution is -2.47. The van der Waals surface area contributed by atoms with Crippen LogP contribution in [0.3, 0.4) is 0 Å². The number of rotatable bonds is 4. The van der Waals surface area contributed by atoms with E-state index in [4.69, 9.17) is 5.73 Å². The van der Waals surface area contributed by atoms with Crippen LogP contribution in [0.4, 0.5) is 0 Å². The summed E-state index contributed by atoms with van der Waals surface area (Å²) in [5.74, 6) is 1.65. The van der Waals surface area contributed by atoms with Crippen LogP contribution in [-0.4, -0.2) is 30.6 Å². The van der Waals surface area contributed by atoms with E-state index in [-0.39, 0.29) is 0 Å². The first-order valence-corrected chi connectivity index (χ1v) is 6.13. The van der Waals surface area contributed by atoms with Crippen molar-refractivity contribution < 1.29 is 0 Å². The van der Waals surface area contributed by atoms with Gasteiger partial charge < -0.3 is 10.6 Å². The Morgan fingerprint density at radius 3 is 2.43 bits per heavy atom. The summed E-state index contributed by atoms with van der Waals surface area (Å²) < 4.78 is 0. The van der Waals surface area contributed by atoms with Gasteiger partial charge in [-0.3, -0.25) is 0 Å². The zero-order valence-electron chi connectivity index (χ0n) is 10.00. The maximum Gasteiger partial charge on any atom is 0.0170 e. The number of likely N-dealkylation sites (tertiary alicyclic amines) is 1. The lowest BCUT2D eigenvalue weighted by Gasteiger charge is -2.36. The Hall–Kier alpha value is -0.0800. The van der Waals surface area contributed by atoms with Gasteiger partial charge >= 0.3 is 0 Å². The number of nitrogens with zero attached hydrogens (tertiary/aromatic N) is 1. The van der Waals surface area contributed by atoms with Gasteiger partial charge in [0.1, 0.15) is 0 Å². The Labute approximate surface area is 88.8 Å². The van der Waals surface area contributed by atoms with E-state index in [2.05, 4.69) is 25.7 Å². The second-order valence-corrected chi connectivity index (χ2v) is 5.00. The van der Waals surface area contributed by atoms with Crippen LogP contribution in [0.15, 0.2) is 0 Å². The molecular formula is C12H26N2. The van der Waals surface area contributed by atoms with E-state index in [0.717, 1.165) is 18.4 Å². The van der Waals surface area contributed by atoms with E-state index in [1.807, 2.05) is 0 Å². The Morgan fingerprint density at radius 2 is 1.93 bits per heavy atom. The fourth-order valence-corrected chi connectivity index (χ4v) is 2.57. The highest BCUT2D eigenvalue weighted by Gasteiger charge is 2.23. The topological polar surface area (TPSA) is 29.3 Å². The minimum absolute atomic E-state index is 0.410. The van der Waals surface area contributed by atoms with Crippen LogP contribution in [0.5, 0.6) is 0 Å². The molecule has 1 fully saturated rings. The third kappa shape index (κ3) is 3.58. The van der Waals surface area contributed by atoms with Crippen LogP contribution in [0, 0.1) is 11.8 Å². The standard InChI is InChI=1S/C12H26N2/c1-4-11(5-2)8-14-7-10(3)6-12(13)9-14/h10-12H,4-9,13H2,1-3H3. The maximum absolute atomic E-state index is 6.03. The highest BCUT2D eigenvalue weighted by Crippen LogP contribution is 2.18. The minimum Gasteiger partial charge on any atom is -0.327 e. The van der Waals surface area contributed by atoms with Gasteiger partial charge in [-0.15, -0.1) is 0 Å². The molecule has 1 aliphatic rings. The van der Waals surface area contributed by atoms with Gasteiger partial charge in [-0.1, -0.05) is 33.6 Å². The fourth-order valence-electron chi connectivity index (χ4n) is 2.57. The van der Waals surface area contributed by atoms with Gasteiger partial charge in [-0.05, 0) is 18.3 Å². The molecule has 2 nitrogen and oxygen atoms in total. The van der Waals surface area contributed by atoms with Gasteiger partial charge in [0, 0.05) is 25.7 Å². The summed E-state index contributed by atoms with van der Waals surface area (Å²) in [6, 6.07) is 0.410. The molecule has 1 saturated heterocycles. The normalized spacial score (nSPS) is 29.8. The molecule has 0 aliphatic carbocycles. The van der Waals surface area contributed by atoms with Crippen molar-refractivity contribution in [3.8, 4) is 0 Å². The summed E-state index contributed by atoms with van der Waals surface area (Å²) in [4.78, 5) is 2.57. The molecule has 1 heterocycles. The average Bonchev–Trinajstić information content (AvgIpc) is 2.12. The average molecular weight is 198 g/mol. The molecule has 14 heavy (non-hydrogen) atoms. The summed E-state index contributed by atoms with van der Waals surface area (Å²) in [7, 11) is 0. The van der Waals surface area contributed by atoms with Crippen molar-refractivity contribution in [2.24, 2.45) is 17.6 Å². The Kier molecular flexibility index (Phi) is 4.90. The monoisotopic (exact) mass is 198 g/mol. The molecule has 0 aromatic heterocycles. The van der Waals surface area contributed by atoms with Crippen LogP contribution in [0.25, 0.3) is 0 Å². The summed E-state index contributed by atoms with van der Waals surface area (Å²) >= 11 is 0. The van der Waals surface area contributed by atoms with Gasteiger partial charge in [-0.25, -0.2) is 0 Å². The molecule has 2 unspecified atom stereocenters. The zero-order valence-corrected chi connectivity index (χ0v) is 10.00. The molecule has 1 aliphatic heterocycles. The predicted octanol–water partition coefficient (Wildman–Crippen LogP) is 2.09. The van der Waals surface area contributed by atoms with E-state index in [1.54, 1.807) is 0 Å². The molecule has 0 saturated carbocycles. The second kappa shape index (κ2) is 5.72. The van der Waals surface area contributed by atoms with E-state index in [1.165, 1.54) is 32.4 Å². The molecule has 2 N–H and O–H groups in total. The lowest BCUT2D eigenvalue weighted by atomic mass is 9.94. The highest BCUT2D eigenvalue weighted by molar-refractivity contribution is 4.80. The van der Waals surface area contributed by atoms with E-state index >= 15 is 0 Å². The van der Waals surface area contributed by atoms with Crippen LogP contribution in [-0.2, 0) is 0 Å². The van der Waals surface area contributed by atoms with Crippen LogP contribution in [0.2, 0.25) is 0 Å². The van der Waals surface area contributed by atoms with Crippen LogP contribution >= 0.6 is 0 Å². The van der Waals surface area contributed by atoms with Crippen molar-refractivity contribution in [1.82, 2.24) is 4.90 Å². The van der Waals surface area contributed by atoms with Crippen molar-refractivity contribution in [2.75, 3.05) is 19.6 Å². The minimum atomic E-state index is 0.410. The maximum atomic E-state index is 6.03. The van der Waals surface area contributed by atoms with Gasteiger partial charge in [0.05, 0.1) is 0 Å². The molecule has 2 heteroatoms. The first-order valence-electron chi connectivity index (χ1n) is 6.13. The van der Waals surface area contributed by atoms with E-state index < -0.39 is 0 Å². The molecule has 0 radical (unpaired) electrons. The summed E-state index contributed by atoms with van der Waals surface area (Å²) in [5, 5.41) is 0. The third-order valence-electron chi connectivity index (χ3n) is 3.44. The zero-order chi connectivity index (χ0) is 10.6. The van der Waals surface area contributed by atoms with Gasteiger partial charge in [0.15, 0.2) is 0 Å². The van der Waals surface area contributed by atoms with Crippen molar-refractivity contribution in [3.05, 3.63) is 0 Å². The molecule has 0 bridgehead atoms. The van der Waals surface area contributed by atoms with Gasteiger partial charge in [0.25, 0.3) is 0 Å². The third-order valence-corrected chi connectivity index (χ3v) is 3.44. The highest BCUT2D eigenvalue weighted by atomic mass is 15.1. The lowest BCUT2D eigenvalue weighted by molar-refractivity contribution is 0.140. The van der Waals surface area contributed by atoms with E-state index in [0.29, 0.717) is 6.04 Å². The smallest absolute Gasteiger partial charge is 0.0170 e. The molecule has 1 rings (SSSR count). The first kappa shape index (κ1) is 12.0. The fraction of sp³-hybridized carbons (Fsp3) is 1.00. The summed E-state index contributed by atoms with van der Waals surface area (Å²) in [5.41, 5.74) is 6.03. The number of piperidine rings is 1. The summed E-state index contributed by atoms with van der Waals surface area (Å²) in [6.07, 6.45) is 3.81. The van der Waals surface area contributed by atoms with Gasteiger partial charge in [0.2, 0.25) is 0 Å². The Balaban J connectivity index is 2.35. The molecule has 84 valence electrons. The first-order chi connectivity index (χ1) is 6.65. The molecule has 0 aromatic carbocycles. The number of hydrogen-bond donors (Lipinski definition) is 1. The predicted molar refractivity (Wildman–Crippen MR) is 62.3 cm³/mol. The van der Waals surface area contributed by atoms with Crippen molar-refractivity contribution in [1.29, 1.82) is 0 Å². The van der Waals surface area contributed by atoms with Crippen LogP contribution < -0.4 is 5.73 Å². The van der Waals surface area contributed by atoms with E-state index in [9.17, 15) is 0 Å². The number of nitrogens with two attached hydrogens (primary N) is 1. The molecule has 0 amide bonds. The van der Waals surface area contributed by atoms with Crippen molar-refractivity contribution in [3.63, 3.8) is 0 Å². The quantitative estimate of drug-likeness (QED) is 0.749. The number of hydrogen-bond acceptors (Lipinski definition) is 2. The van der Waals surface area contributed by atoms with Crippen LogP contribution in [0.1, 0.15) is 40.0 Å². The largest absolute Gasteiger partial charge is 0.327 e.